The number of benzene rings is 1. The van der Waals surface area contributed by atoms with Crippen molar-refractivity contribution in [1.29, 1.82) is 0 Å². The third-order valence-electron chi connectivity index (χ3n) is 2.98. The third-order valence-corrected chi connectivity index (χ3v) is 2.98. The Morgan fingerprint density at radius 3 is 2.81 bits per heavy atom. The highest BCUT2D eigenvalue weighted by Gasteiger charge is 2.23. The summed E-state index contributed by atoms with van der Waals surface area (Å²) >= 11 is 0. The first-order valence-corrected chi connectivity index (χ1v) is 5.41. The van der Waals surface area contributed by atoms with Crippen molar-refractivity contribution >= 4 is 5.91 Å². The summed E-state index contributed by atoms with van der Waals surface area (Å²) < 4.78 is 0. The summed E-state index contributed by atoms with van der Waals surface area (Å²) in [5, 5.41) is 18.1. The molecule has 1 aliphatic rings. The number of fused-ring (bicyclic) bond motifs is 1. The molecule has 2 rings (SSSR count). The Morgan fingerprint density at radius 2 is 2.19 bits per heavy atom. The van der Waals surface area contributed by atoms with E-state index in [-0.39, 0.29) is 5.91 Å². The van der Waals surface area contributed by atoms with Gasteiger partial charge in [0.1, 0.15) is 0 Å². The van der Waals surface area contributed by atoms with Crippen LogP contribution >= 0.6 is 0 Å². The number of aliphatic hydroxyl groups excluding tert-OH is 1. The molecule has 0 spiro atoms. The van der Waals surface area contributed by atoms with Gasteiger partial charge in [-0.2, -0.15) is 0 Å². The number of rotatable bonds is 2. The second-order valence-electron chi connectivity index (χ2n) is 3.93. The van der Waals surface area contributed by atoms with Crippen LogP contribution in [0.3, 0.4) is 0 Å². The Hall–Kier alpha value is -1.39. The van der Waals surface area contributed by atoms with Gasteiger partial charge < -0.3 is 15.1 Å². The van der Waals surface area contributed by atoms with E-state index in [1.807, 2.05) is 6.92 Å². The van der Waals surface area contributed by atoms with Crippen LogP contribution in [0.5, 0.6) is 0 Å². The lowest BCUT2D eigenvalue weighted by atomic mass is 9.96. The molecule has 0 saturated heterocycles. The smallest absolute Gasteiger partial charge is 0.254 e. The number of likely N-dealkylation sites (N-methyl/N-ethyl adjacent to an activating group) is 1. The minimum absolute atomic E-state index is 0.0303. The standard InChI is InChI=1S/C12H15NO3/c1-2-13-6-5-8-7-9(12(15)16)3-4-10(8)11(13)14/h3-4,7,12,15-16H,2,5-6H2,1H3. The van der Waals surface area contributed by atoms with Crippen molar-refractivity contribution in [3.63, 3.8) is 0 Å². The second-order valence-corrected chi connectivity index (χ2v) is 3.93. The van der Waals surface area contributed by atoms with Crippen LogP contribution in [0.25, 0.3) is 0 Å². The first-order valence-electron chi connectivity index (χ1n) is 5.41. The van der Waals surface area contributed by atoms with Crippen molar-refractivity contribution in [3.05, 3.63) is 34.9 Å². The van der Waals surface area contributed by atoms with E-state index in [9.17, 15) is 4.79 Å². The van der Waals surface area contributed by atoms with Crippen LogP contribution in [0.15, 0.2) is 18.2 Å². The van der Waals surface area contributed by atoms with Crippen LogP contribution in [-0.2, 0) is 6.42 Å². The Bertz CT molecular complexity index is 415. The molecule has 0 atom stereocenters. The molecule has 0 aliphatic carbocycles. The van der Waals surface area contributed by atoms with E-state index in [0.717, 1.165) is 12.0 Å². The molecule has 1 aromatic carbocycles. The molecule has 4 heteroatoms. The van der Waals surface area contributed by atoms with Crippen LogP contribution in [0.2, 0.25) is 0 Å². The molecular formula is C12H15NO3. The maximum Gasteiger partial charge on any atom is 0.254 e. The highest BCUT2D eigenvalue weighted by atomic mass is 16.5. The SMILES string of the molecule is CCN1CCc2cc(C(O)O)ccc2C1=O. The van der Waals surface area contributed by atoms with Gasteiger partial charge in [0.15, 0.2) is 6.29 Å². The van der Waals surface area contributed by atoms with Gasteiger partial charge in [0.05, 0.1) is 0 Å². The van der Waals surface area contributed by atoms with E-state index in [4.69, 9.17) is 10.2 Å². The van der Waals surface area contributed by atoms with Crippen LogP contribution < -0.4 is 0 Å². The van der Waals surface area contributed by atoms with Crippen molar-refractivity contribution in [2.75, 3.05) is 13.1 Å². The molecule has 1 aliphatic heterocycles. The van der Waals surface area contributed by atoms with E-state index in [1.54, 1.807) is 23.1 Å². The summed E-state index contributed by atoms with van der Waals surface area (Å²) in [5.74, 6) is 0.0303. The quantitative estimate of drug-likeness (QED) is 0.722. The van der Waals surface area contributed by atoms with Gasteiger partial charge in [-0.3, -0.25) is 4.79 Å². The van der Waals surface area contributed by atoms with Gasteiger partial charge in [0.2, 0.25) is 0 Å². The molecule has 1 heterocycles. The van der Waals surface area contributed by atoms with Gasteiger partial charge in [0, 0.05) is 24.2 Å². The first-order chi connectivity index (χ1) is 7.63. The molecule has 0 bridgehead atoms. The van der Waals surface area contributed by atoms with Crippen molar-refractivity contribution < 1.29 is 15.0 Å². The molecule has 2 N–H and O–H groups in total. The molecule has 1 aromatic rings. The fourth-order valence-electron chi connectivity index (χ4n) is 2.02. The summed E-state index contributed by atoms with van der Waals surface area (Å²) in [6, 6.07) is 4.96. The van der Waals surface area contributed by atoms with Gasteiger partial charge in [0.25, 0.3) is 5.91 Å². The molecular weight excluding hydrogens is 206 g/mol. The topological polar surface area (TPSA) is 60.8 Å². The predicted molar refractivity (Wildman–Crippen MR) is 58.9 cm³/mol. The molecule has 0 saturated carbocycles. The van der Waals surface area contributed by atoms with E-state index in [1.165, 1.54) is 0 Å². The molecule has 0 unspecified atom stereocenters. The molecule has 4 nitrogen and oxygen atoms in total. The lowest BCUT2D eigenvalue weighted by Gasteiger charge is -2.27. The molecule has 1 amide bonds. The second kappa shape index (κ2) is 4.23. The van der Waals surface area contributed by atoms with Crippen LogP contribution in [-0.4, -0.2) is 34.1 Å². The zero-order valence-electron chi connectivity index (χ0n) is 9.18. The maximum atomic E-state index is 11.9. The number of hydrogen-bond donors (Lipinski definition) is 2. The van der Waals surface area contributed by atoms with Crippen molar-refractivity contribution in [3.8, 4) is 0 Å². The average Bonchev–Trinajstić information content (AvgIpc) is 2.29. The predicted octanol–water partition coefficient (Wildman–Crippen LogP) is 0.688. The minimum Gasteiger partial charge on any atom is -0.364 e. The minimum atomic E-state index is -1.47. The van der Waals surface area contributed by atoms with Gasteiger partial charge >= 0.3 is 0 Å². The number of nitrogens with zero attached hydrogens (tertiary/aromatic N) is 1. The van der Waals surface area contributed by atoms with E-state index in [0.29, 0.717) is 24.2 Å². The largest absolute Gasteiger partial charge is 0.364 e. The molecule has 86 valence electrons. The molecule has 0 radical (unpaired) electrons. The normalized spacial score (nSPS) is 15.5. The monoisotopic (exact) mass is 221 g/mol. The Kier molecular flexibility index (Phi) is 2.94. The number of amides is 1. The number of carbonyl (C=O) groups excluding carboxylic acids is 1. The van der Waals surface area contributed by atoms with Crippen LogP contribution in [0, 0.1) is 0 Å². The highest BCUT2D eigenvalue weighted by molar-refractivity contribution is 5.96. The highest BCUT2D eigenvalue weighted by Crippen LogP contribution is 2.22. The van der Waals surface area contributed by atoms with E-state index >= 15 is 0 Å². The summed E-state index contributed by atoms with van der Waals surface area (Å²) in [5.41, 5.74) is 2.02. The Labute approximate surface area is 94.1 Å². The Balaban J connectivity index is 2.37. The fraction of sp³-hybridized carbons (Fsp3) is 0.417. The lowest BCUT2D eigenvalue weighted by Crippen LogP contribution is -2.37. The molecule has 0 fully saturated rings. The summed E-state index contributed by atoms with van der Waals surface area (Å²) in [6.07, 6.45) is -0.695. The van der Waals surface area contributed by atoms with Gasteiger partial charge in [-0.1, -0.05) is 6.07 Å². The number of hydrogen-bond acceptors (Lipinski definition) is 3. The molecule has 0 aromatic heterocycles. The summed E-state index contributed by atoms with van der Waals surface area (Å²) in [6.45, 7) is 3.37. The van der Waals surface area contributed by atoms with E-state index < -0.39 is 6.29 Å². The van der Waals surface area contributed by atoms with Crippen LogP contribution in [0.4, 0.5) is 0 Å². The zero-order chi connectivity index (χ0) is 11.7. The van der Waals surface area contributed by atoms with Crippen molar-refractivity contribution in [2.45, 2.75) is 19.6 Å². The van der Waals surface area contributed by atoms with Gasteiger partial charge in [-0.15, -0.1) is 0 Å². The van der Waals surface area contributed by atoms with Crippen molar-refractivity contribution in [2.24, 2.45) is 0 Å². The third kappa shape index (κ3) is 1.81. The molecule has 16 heavy (non-hydrogen) atoms. The first kappa shape index (κ1) is 11.1. The average molecular weight is 221 g/mol. The van der Waals surface area contributed by atoms with Gasteiger partial charge in [-0.05, 0) is 31.0 Å². The lowest BCUT2D eigenvalue weighted by molar-refractivity contribution is -0.0425. The summed E-state index contributed by atoms with van der Waals surface area (Å²) in [4.78, 5) is 13.7. The maximum absolute atomic E-state index is 11.9. The van der Waals surface area contributed by atoms with E-state index in [2.05, 4.69) is 0 Å². The van der Waals surface area contributed by atoms with Crippen LogP contribution in [0.1, 0.15) is 34.7 Å². The number of aliphatic hydroxyl groups is 2. The van der Waals surface area contributed by atoms with Gasteiger partial charge in [-0.25, -0.2) is 0 Å². The van der Waals surface area contributed by atoms with Crippen molar-refractivity contribution in [1.82, 2.24) is 4.90 Å². The zero-order valence-corrected chi connectivity index (χ0v) is 9.18. The Morgan fingerprint density at radius 1 is 1.44 bits per heavy atom. The fourth-order valence-corrected chi connectivity index (χ4v) is 2.02. The number of carbonyl (C=O) groups is 1. The summed E-state index contributed by atoms with van der Waals surface area (Å²) in [7, 11) is 0.